The van der Waals surface area contributed by atoms with E-state index in [0.29, 0.717) is 11.4 Å². The molecule has 0 saturated carbocycles. The lowest BCUT2D eigenvalue weighted by Gasteiger charge is -2.18. The van der Waals surface area contributed by atoms with Crippen LogP contribution in [-0.4, -0.2) is 18.2 Å². The molecular formula is C13H16N2O2. The van der Waals surface area contributed by atoms with Gasteiger partial charge in [-0.1, -0.05) is 13.8 Å². The summed E-state index contributed by atoms with van der Waals surface area (Å²) >= 11 is 0. The minimum Gasteiger partial charge on any atom is -0.465 e. The molecule has 0 radical (unpaired) electrons. The zero-order valence-electron chi connectivity index (χ0n) is 10.5. The van der Waals surface area contributed by atoms with Crippen LogP contribution in [0.25, 0.3) is 4.85 Å². The summed E-state index contributed by atoms with van der Waals surface area (Å²) in [6.07, 6.45) is -1.00. The normalized spacial score (nSPS) is 10.1. The molecule has 0 bridgehead atoms. The number of amides is 1. The lowest BCUT2D eigenvalue weighted by atomic mass is 9.97. The van der Waals surface area contributed by atoms with E-state index in [2.05, 4.69) is 4.85 Å². The predicted molar refractivity (Wildman–Crippen MR) is 68.0 cm³/mol. The van der Waals surface area contributed by atoms with E-state index in [4.69, 9.17) is 11.7 Å². The third-order valence-electron chi connectivity index (χ3n) is 2.72. The van der Waals surface area contributed by atoms with Gasteiger partial charge in [0.25, 0.3) is 0 Å². The van der Waals surface area contributed by atoms with Crippen molar-refractivity contribution in [1.82, 2.24) is 0 Å². The van der Waals surface area contributed by atoms with Crippen LogP contribution in [-0.2, 0) is 0 Å². The molecule has 0 saturated heterocycles. The largest absolute Gasteiger partial charge is 0.465 e. The molecule has 0 spiro atoms. The third-order valence-corrected chi connectivity index (χ3v) is 2.72. The topological polar surface area (TPSA) is 44.9 Å². The maximum Gasteiger partial charge on any atom is 0.411 e. The highest BCUT2D eigenvalue weighted by Gasteiger charge is 2.15. The first-order valence-electron chi connectivity index (χ1n) is 5.37. The van der Waals surface area contributed by atoms with Crippen LogP contribution >= 0.6 is 0 Å². The number of rotatable bonds is 2. The molecule has 90 valence electrons. The predicted octanol–water partition coefficient (Wildman–Crippen LogP) is 3.78. The van der Waals surface area contributed by atoms with E-state index in [1.807, 2.05) is 20.8 Å². The van der Waals surface area contributed by atoms with Crippen molar-refractivity contribution in [3.63, 3.8) is 0 Å². The molecule has 1 aromatic rings. The minimum atomic E-state index is -1.00. The van der Waals surface area contributed by atoms with E-state index < -0.39 is 6.09 Å². The van der Waals surface area contributed by atoms with E-state index >= 15 is 0 Å². The summed E-state index contributed by atoms with van der Waals surface area (Å²) in [5.74, 6) is 0.194. The Balaban J connectivity index is 3.40. The first-order valence-corrected chi connectivity index (χ1v) is 5.37. The molecule has 0 fully saturated rings. The molecule has 1 amide bonds. The fourth-order valence-electron chi connectivity index (χ4n) is 1.68. The van der Waals surface area contributed by atoms with E-state index in [0.717, 1.165) is 16.0 Å². The summed E-state index contributed by atoms with van der Waals surface area (Å²) in [6, 6.07) is 3.51. The molecule has 0 aliphatic carbocycles. The van der Waals surface area contributed by atoms with E-state index in [-0.39, 0.29) is 5.92 Å². The highest BCUT2D eigenvalue weighted by Crippen LogP contribution is 2.34. The van der Waals surface area contributed by atoms with Gasteiger partial charge in [-0.05, 0) is 36.1 Å². The van der Waals surface area contributed by atoms with Crippen LogP contribution in [0.1, 0.15) is 30.9 Å². The molecule has 0 aromatic heterocycles. The number of hydrogen-bond donors (Lipinski definition) is 1. The Morgan fingerprint density at radius 2 is 2.06 bits per heavy atom. The zero-order chi connectivity index (χ0) is 13.2. The first-order chi connectivity index (χ1) is 7.88. The molecular weight excluding hydrogens is 216 g/mol. The van der Waals surface area contributed by atoms with Gasteiger partial charge in [-0.2, -0.15) is 0 Å². The van der Waals surface area contributed by atoms with Gasteiger partial charge < -0.3 is 5.11 Å². The molecule has 1 rings (SSSR count). The second-order valence-corrected chi connectivity index (χ2v) is 4.31. The van der Waals surface area contributed by atoms with Gasteiger partial charge >= 0.3 is 6.09 Å². The number of hydrogen-bond acceptors (Lipinski definition) is 1. The molecule has 4 nitrogen and oxygen atoms in total. The Bertz CT molecular complexity index is 487. The Hall–Kier alpha value is -2.02. The van der Waals surface area contributed by atoms with Crippen molar-refractivity contribution in [1.29, 1.82) is 0 Å². The van der Waals surface area contributed by atoms with Crippen LogP contribution in [0, 0.1) is 13.5 Å². The van der Waals surface area contributed by atoms with Crippen molar-refractivity contribution in [2.45, 2.75) is 26.7 Å². The number of carboxylic acid groups (broad SMARTS) is 1. The molecule has 1 aromatic carbocycles. The van der Waals surface area contributed by atoms with Crippen molar-refractivity contribution < 1.29 is 9.90 Å². The molecule has 4 heteroatoms. The fraction of sp³-hybridized carbons (Fsp3) is 0.385. The summed E-state index contributed by atoms with van der Waals surface area (Å²) < 4.78 is 0. The SMILES string of the molecule is [C-]#[N+]c1c(C)cc(N(C)C(=O)O)cc1C(C)C. The fourth-order valence-corrected chi connectivity index (χ4v) is 1.68. The summed E-state index contributed by atoms with van der Waals surface area (Å²) in [5, 5.41) is 8.95. The lowest BCUT2D eigenvalue weighted by Crippen LogP contribution is -2.24. The Morgan fingerprint density at radius 3 is 2.47 bits per heavy atom. The van der Waals surface area contributed by atoms with Crippen LogP contribution in [0.4, 0.5) is 16.2 Å². The molecule has 17 heavy (non-hydrogen) atoms. The van der Waals surface area contributed by atoms with Gasteiger partial charge in [0.1, 0.15) is 0 Å². The van der Waals surface area contributed by atoms with Crippen molar-refractivity contribution in [3.8, 4) is 0 Å². The van der Waals surface area contributed by atoms with Crippen LogP contribution in [0.15, 0.2) is 12.1 Å². The maximum absolute atomic E-state index is 10.9. The Labute approximate surface area is 101 Å². The average molecular weight is 232 g/mol. The maximum atomic E-state index is 10.9. The summed E-state index contributed by atoms with van der Waals surface area (Å²) in [6.45, 7) is 13.0. The lowest BCUT2D eigenvalue weighted by molar-refractivity contribution is 0.203. The van der Waals surface area contributed by atoms with Gasteiger partial charge in [0.2, 0.25) is 0 Å². The van der Waals surface area contributed by atoms with Gasteiger partial charge in [0.05, 0.1) is 6.57 Å². The Kier molecular flexibility index (Phi) is 3.74. The van der Waals surface area contributed by atoms with Crippen molar-refractivity contribution in [3.05, 3.63) is 34.7 Å². The van der Waals surface area contributed by atoms with E-state index in [9.17, 15) is 4.79 Å². The van der Waals surface area contributed by atoms with Crippen molar-refractivity contribution in [2.75, 3.05) is 11.9 Å². The highest BCUT2D eigenvalue weighted by atomic mass is 16.4. The molecule has 0 aliphatic heterocycles. The van der Waals surface area contributed by atoms with Crippen LogP contribution in [0.3, 0.4) is 0 Å². The van der Waals surface area contributed by atoms with E-state index in [1.54, 1.807) is 12.1 Å². The number of carbonyl (C=O) groups is 1. The van der Waals surface area contributed by atoms with Crippen molar-refractivity contribution >= 4 is 17.5 Å². The average Bonchev–Trinajstić information content (AvgIpc) is 2.26. The zero-order valence-corrected chi connectivity index (χ0v) is 10.5. The highest BCUT2D eigenvalue weighted by molar-refractivity contribution is 5.86. The summed E-state index contributed by atoms with van der Waals surface area (Å²) in [5.41, 5.74) is 2.94. The number of benzene rings is 1. The second kappa shape index (κ2) is 4.88. The Morgan fingerprint density at radius 1 is 1.47 bits per heavy atom. The molecule has 0 unspecified atom stereocenters. The molecule has 0 heterocycles. The summed E-state index contributed by atoms with van der Waals surface area (Å²) in [4.78, 5) is 15.6. The van der Waals surface area contributed by atoms with Crippen LogP contribution in [0.5, 0.6) is 0 Å². The van der Waals surface area contributed by atoms with Gasteiger partial charge in [-0.15, -0.1) is 0 Å². The van der Waals surface area contributed by atoms with Gasteiger partial charge in [-0.25, -0.2) is 9.64 Å². The minimum absolute atomic E-state index is 0.194. The summed E-state index contributed by atoms with van der Waals surface area (Å²) in [7, 11) is 1.50. The quantitative estimate of drug-likeness (QED) is 0.788. The molecule has 1 N–H and O–H groups in total. The standard InChI is InChI=1S/C13H16N2O2/c1-8(2)11-7-10(15(5)13(16)17)6-9(3)12(11)14-4/h6-8H,1-3,5H3,(H,16,17). The van der Waals surface area contributed by atoms with E-state index in [1.165, 1.54) is 7.05 Å². The number of nitrogens with zero attached hydrogens (tertiary/aromatic N) is 2. The van der Waals surface area contributed by atoms with Gasteiger partial charge in [-0.3, -0.25) is 4.90 Å². The molecule has 0 aliphatic rings. The van der Waals surface area contributed by atoms with Crippen LogP contribution < -0.4 is 4.90 Å². The first kappa shape index (κ1) is 13.0. The molecule has 0 atom stereocenters. The van der Waals surface area contributed by atoms with Crippen molar-refractivity contribution in [2.24, 2.45) is 0 Å². The van der Waals surface area contributed by atoms with Gasteiger partial charge in [0, 0.05) is 12.7 Å². The number of aryl methyl sites for hydroxylation is 1. The monoisotopic (exact) mass is 232 g/mol. The van der Waals surface area contributed by atoms with Crippen LogP contribution in [0.2, 0.25) is 0 Å². The van der Waals surface area contributed by atoms with Gasteiger partial charge in [0.15, 0.2) is 5.69 Å². The third kappa shape index (κ3) is 2.56. The smallest absolute Gasteiger partial charge is 0.411 e. The second-order valence-electron chi connectivity index (χ2n) is 4.31. The number of anilines is 1.